The molecule has 2 aromatic rings. The fraction of sp³-hybridized carbons (Fsp3) is 0.438. The first-order valence-electron chi connectivity index (χ1n) is 7.28. The molecule has 0 aliphatic heterocycles. The van der Waals surface area contributed by atoms with Gasteiger partial charge in [0.05, 0.1) is 12.4 Å². The van der Waals surface area contributed by atoms with Gasteiger partial charge in [-0.2, -0.15) is 5.10 Å². The second-order valence-electron chi connectivity index (χ2n) is 5.39. The molecule has 0 spiro atoms. The Morgan fingerprint density at radius 3 is 2.95 bits per heavy atom. The molecule has 1 heterocycles. The van der Waals surface area contributed by atoms with Crippen LogP contribution in [-0.2, 0) is 13.1 Å². The summed E-state index contributed by atoms with van der Waals surface area (Å²) in [6.07, 6.45) is 6.31. The van der Waals surface area contributed by atoms with E-state index in [1.165, 1.54) is 18.4 Å². The predicted octanol–water partition coefficient (Wildman–Crippen LogP) is 3.26. The lowest BCUT2D eigenvalue weighted by molar-refractivity contribution is 0.476. The van der Waals surface area contributed by atoms with E-state index in [4.69, 9.17) is 4.74 Å². The van der Waals surface area contributed by atoms with Crippen LogP contribution in [0.25, 0.3) is 0 Å². The molecule has 1 aliphatic rings. The summed E-state index contributed by atoms with van der Waals surface area (Å²) in [5, 5.41) is 7.75. The number of ether oxygens (including phenoxy) is 1. The maximum absolute atomic E-state index is 5.94. The fourth-order valence-electron chi connectivity index (χ4n) is 2.11. The molecule has 1 aliphatic carbocycles. The molecule has 1 N–H and O–H groups in total. The largest absolute Gasteiger partial charge is 0.454 e. The van der Waals surface area contributed by atoms with E-state index >= 15 is 0 Å². The quantitative estimate of drug-likeness (QED) is 0.876. The summed E-state index contributed by atoms with van der Waals surface area (Å²) < 4.78 is 7.81. The molecular weight excluding hydrogens is 250 g/mol. The Kier molecular flexibility index (Phi) is 3.74. The van der Waals surface area contributed by atoms with Crippen molar-refractivity contribution in [2.24, 2.45) is 0 Å². The minimum absolute atomic E-state index is 0.725. The van der Waals surface area contributed by atoms with Crippen molar-refractivity contribution in [3.05, 3.63) is 41.7 Å². The molecule has 0 atom stereocenters. The summed E-state index contributed by atoms with van der Waals surface area (Å²) in [5.74, 6) is 1.71. The molecule has 1 aromatic carbocycles. The highest BCUT2D eigenvalue weighted by Gasteiger charge is 2.20. The third-order valence-electron chi connectivity index (χ3n) is 3.59. The smallest absolute Gasteiger partial charge is 0.165 e. The highest BCUT2D eigenvalue weighted by atomic mass is 16.5. The number of rotatable bonds is 6. The van der Waals surface area contributed by atoms with Gasteiger partial charge in [-0.25, -0.2) is 0 Å². The van der Waals surface area contributed by atoms with Crippen molar-refractivity contribution in [3.63, 3.8) is 0 Å². The van der Waals surface area contributed by atoms with Gasteiger partial charge in [0, 0.05) is 19.1 Å². The van der Waals surface area contributed by atoms with Crippen LogP contribution in [0.1, 0.15) is 30.9 Å². The van der Waals surface area contributed by atoms with Crippen molar-refractivity contribution in [2.75, 3.05) is 0 Å². The van der Waals surface area contributed by atoms with Crippen molar-refractivity contribution in [2.45, 2.75) is 45.8 Å². The van der Waals surface area contributed by atoms with Crippen LogP contribution in [0.5, 0.6) is 11.5 Å². The maximum atomic E-state index is 5.94. The van der Waals surface area contributed by atoms with Crippen LogP contribution >= 0.6 is 0 Å². The molecule has 0 unspecified atom stereocenters. The Hall–Kier alpha value is -1.81. The zero-order chi connectivity index (χ0) is 13.9. The summed E-state index contributed by atoms with van der Waals surface area (Å²) in [4.78, 5) is 0. The Labute approximate surface area is 119 Å². The van der Waals surface area contributed by atoms with Crippen molar-refractivity contribution >= 4 is 0 Å². The number of nitrogens with zero attached hydrogens (tertiary/aromatic N) is 2. The first-order chi connectivity index (χ1) is 9.74. The molecule has 1 saturated carbocycles. The number of aryl methyl sites for hydroxylation is 2. The van der Waals surface area contributed by atoms with E-state index in [1.807, 2.05) is 10.9 Å². The predicted molar refractivity (Wildman–Crippen MR) is 79.0 cm³/mol. The zero-order valence-corrected chi connectivity index (χ0v) is 12.1. The van der Waals surface area contributed by atoms with Gasteiger partial charge in [0.1, 0.15) is 5.75 Å². The minimum atomic E-state index is 0.725. The third kappa shape index (κ3) is 3.20. The topological polar surface area (TPSA) is 39.1 Å². The van der Waals surface area contributed by atoms with E-state index in [0.29, 0.717) is 0 Å². The Bertz CT molecular complexity index is 587. The number of hydrogen-bond acceptors (Lipinski definition) is 3. The molecule has 4 heteroatoms. The van der Waals surface area contributed by atoms with Gasteiger partial charge < -0.3 is 10.1 Å². The van der Waals surface area contributed by atoms with Crippen molar-refractivity contribution in [1.29, 1.82) is 0 Å². The zero-order valence-electron chi connectivity index (χ0n) is 12.1. The first-order valence-corrected chi connectivity index (χ1v) is 7.28. The van der Waals surface area contributed by atoms with Crippen LogP contribution < -0.4 is 10.1 Å². The Morgan fingerprint density at radius 1 is 1.40 bits per heavy atom. The number of benzene rings is 1. The molecule has 0 radical (unpaired) electrons. The van der Waals surface area contributed by atoms with Crippen LogP contribution in [0.15, 0.2) is 30.6 Å². The SMILES string of the molecule is CCn1cc(Oc2cc(CNC3CC3)ccc2C)cn1. The van der Waals surface area contributed by atoms with E-state index in [-0.39, 0.29) is 0 Å². The van der Waals surface area contributed by atoms with Gasteiger partial charge in [-0.15, -0.1) is 0 Å². The lowest BCUT2D eigenvalue weighted by Crippen LogP contribution is -2.15. The molecule has 1 fully saturated rings. The molecule has 1 aromatic heterocycles. The molecule has 20 heavy (non-hydrogen) atoms. The van der Waals surface area contributed by atoms with Crippen LogP contribution in [0.2, 0.25) is 0 Å². The average Bonchev–Trinajstić information content (AvgIpc) is 3.18. The van der Waals surface area contributed by atoms with Gasteiger partial charge in [0.2, 0.25) is 0 Å². The Balaban J connectivity index is 1.71. The van der Waals surface area contributed by atoms with E-state index in [0.717, 1.165) is 36.2 Å². The number of aromatic nitrogens is 2. The van der Waals surface area contributed by atoms with Gasteiger partial charge in [-0.1, -0.05) is 12.1 Å². The second-order valence-corrected chi connectivity index (χ2v) is 5.39. The Morgan fingerprint density at radius 2 is 2.25 bits per heavy atom. The van der Waals surface area contributed by atoms with E-state index in [2.05, 4.69) is 42.5 Å². The third-order valence-corrected chi connectivity index (χ3v) is 3.59. The van der Waals surface area contributed by atoms with Crippen LogP contribution in [0, 0.1) is 6.92 Å². The normalized spacial score (nSPS) is 14.5. The van der Waals surface area contributed by atoms with E-state index < -0.39 is 0 Å². The maximum Gasteiger partial charge on any atom is 0.165 e. The second kappa shape index (κ2) is 5.67. The summed E-state index contributed by atoms with van der Waals surface area (Å²) in [5.41, 5.74) is 2.41. The van der Waals surface area contributed by atoms with Gasteiger partial charge in [-0.05, 0) is 43.9 Å². The van der Waals surface area contributed by atoms with Crippen LogP contribution in [0.4, 0.5) is 0 Å². The summed E-state index contributed by atoms with van der Waals surface area (Å²) in [6.45, 7) is 5.90. The fourth-order valence-corrected chi connectivity index (χ4v) is 2.11. The van der Waals surface area contributed by atoms with Gasteiger partial charge in [0.25, 0.3) is 0 Å². The van der Waals surface area contributed by atoms with Gasteiger partial charge >= 0.3 is 0 Å². The lowest BCUT2D eigenvalue weighted by atomic mass is 10.1. The van der Waals surface area contributed by atoms with E-state index in [1.54, 1.807) is 6.20 Å². The summed E-state index contributed by atoms with van der Waals surface area (Å²) in [6, 6.07) is 7.12. The molecule has 0 amide bonds. The standard InChI is InChI=1S/C16H21N3O/c1-3-19-11-15(10-18-19)20-16-8-13(5-4-12(16)2)9-17-14-6-7-14/h4-5,8,10-11,14,17H,3,6-7,9H2,1-2H3. The molecule has 3 rings (SSSR count). The summed E-state index contributed by atoms with van der Waals surface area (Å²) in [7, 11) is 0. The lowest BCUT2D eigenvalue weighted by Gasteiger charge is -2.10. The summed E-state index contributed by atoms with van der Waals surface area (Å²) >= 11 is 0. The molecule has 4 nitrogen and oxygen atoms in total. The van der Waals surface area contributed by atoms with E-state index in [9.17, 15) is 0 Å². The highest BCUT2D eigenvalue weighted by molar-refractivity contribution is 5.39. The van der Waals surface area contributed by atoms with Crippen LogP contribution in [-0.4, -0.2) is 15.8 Å². The first kappa shape index (κ1) is 13.2. The highest BCUT2D eigenvalue weighted by Crippen LogP contribution is 2.26. The molecule has 106 valence electrons. The molecule has 0 bridgehead atoms. The van der Waals surface area contributed by atoms with Crippen LogP contribution in [0.3, 0.4) is 0 Å². The minimum Gasteiger partial charge on any atom is -0.454 e. The van der Waals surface area contributed by atoms with Gasteiger partial charge in [-0.3, -0.25) is 4.68 Å². The molecule has 0 saturated heterocycles. The number of hydrogen-bond donors (Lipinski definition) is 1. The monoisotopic (exact) mass is 271 g/mol. The van der Waals surface area contributed by atoms with Crippen molar-refractivity contribution in [3.8, 4) is 11.5 Å². The van der Waals surface area contributed by atoms with Gasteiger partial charge in [0.15, 0.2) is 5.75 Å². The average molecular weight is 271 g/mol. The molecular formula is C16H21N3O. The van der Waals surface area contributed by atoms with Crippen molar-refractivity contribution < 1.29 is 4.74 Å². The number of nitrogens with one attached hydrogen (secondary N) is 1. The van der Waals surface area contributed by atoms with Crippen molar-refractivity contribution in [1.82, 2.24) is 15.1 Å².